The van der Waals surface area contributed by atoms with E-state index in [1.165, 1.54) is 60.8 Å². The first kappa shape index (κ1) is 40.8. The molecule has 2 heteroatoms. The van der Waals surface area contributed by atoms with E-state index in [2.05, 4.69) is 278 Å². The summed E-state index contributed by atoms with van der Waals surface area (Å²) in [6.45, 7) is 0. The van der Waals surface area contributed by atoms with Gasteiger partial charge in [0, 0.05) is 38.7 Å². The Morgan fingerprint density at radius 3 is 1.63 bits per heavy atom. The van der Waals surface area contributed by atoms with Gasteiger partial charge in [-0.15, -0.1) is 0 Å². The second kappa shape index (κ2) is 16.5. The van der Waals surface area contributed by atoms with E-state index < -0.39 is 5.41 Å². The van der Waals surface area contributed by atoms with Crippen molar-refractivity contribution >= 4 is 60.5 Å². The normalized spacial score (nSPS) is 12.6. The van der Waals surface area contributed by atoms with Crippen molar-refractivity contribution in [2.75, 3.05) is 4.90 Å². The van der Waals surface area contributed by atoms with Crippen molar-refractivity contribution in [3.63, 3.8) is 0 Å². The fraction of sp³-hybridized carbons (Fsp3) is 0.0145. The summed E-state index contributed by atoms with van der Waals surface area (Å²) in [7, 11) is 0. The minimum Gasteiger partial charge on any atom is -0.455 e. The number of para-hydroxylation sites is 2. The van der Waals surface area contributed by atoms with Gasteiger partial charge in [-0.25, -0.2) is 0 Å². The van der Waals surface area contributed by atoms with Crippen LogP contribution in [0.25, 0.3) is 88.0 Å². The van der Waals surface area contributed by atoms with E-state index in [1.807, 2.05) is 0 Å². The number of benzene rings is 12. The molecule has 332 valence electrons. The molecule has 0 N–H and O–H groups in total. The van der Waals surface area contributed by atoms with E-state index >= 15 is 0 Å². The molecule has 12 aromatic carbocycles. The second-order valence-electron chi connectivity index (χ2n) is 18.7. The van der Waals surface area contributed by atoms with E-state index in [9.17, 15) is 0 Å². The van der Waals surface area contributed by atoms with Gasteiger partial charge in [0.05, 0.1) is 11.1 Å². The zero-order valence-corrected chi connectivity index (χ0v) is 38.8. The first-order valence-electron chi connectivity index (χ1n) is 24.5. The minimum absolute atomic E-state index is 0.557. The summed E-state index contributed by atoms with van der Waals surface area (Å²) in [5.41, 5.74) is 18.8. The number of anilines is 3. The maximum absolute atomic E-state index is 7.03. The molecule has 1 aromatic heterocycles. The molecule has 0 bridgehead atoms. The first-order valence-corrected chi connectivity index (χ1v) is 24.5. The summed E-state index contributed by atoms with van der Waals surface area (Å²) in [5.74, 6) is 0. The highest BCUT2D eigenvalue weighted by molar-refractivity contribution is 6.17. The Morgan fingerprint density at radius 2 is 0.831 bits per heavy atom. The van der Waals surface area contributed by atoms with Crippen molar-refractivity contribution in [1.29, 1.82) is 0 Å². The maximum atomic E-state index is 7.03. The van der Waals surface area contributed by atoms with Gasteiger partial charge < -0.3 is 9.32 Å². The fourth-order valence-corrected chi connectivity index (χ4v) is 11.7. The largest absolute Gasteiger partial charge is 0.455 e. The highest BCUT2D eigenvalue weighted by Gasteiger charge is 2.46. The lowest BCUT2D eigenvalue weighted by Crippen LogP contribution is -2.28. The van der Waals surface area contributed by atoms with Crippen LogP contribution in [0.5, 0.6) is 0 Å². The zero-order chi connectivity index (χ0) is 46.9. The molecule has 0 atom stereocenters. The highest BCUT2D eigenvalue weighted by Crippen LogP contribution is 2.57. The van der Waals surface area contributed by atoms with Crippen LogP contribution in [0.2, 0.25) is 0 Å². The van der Waals surface area contributed by atoms with Crippen LogP contribution in [0.3, 0.4) is 0 Å². The molecule has 0 saturated carbocycles. The molecular weight excluding hydrogens is 859 g/mol. The Hall–Kier alpha value is -9.24. The lowest BCUT2D eigenvalue weighted by Gasteiger charge is -2.35. The zero-order valence-electron chi connectivity index (χ0n) is 38.8. The number of furan rings is 1. The average molecular weight is 904 g/mol. The highest BCUT2D eigenvalue weighted by atomic mass is 16.3. The molecule has 1 aliphatic rings. The summed E-state index contributed by atoms with van der Waals surface area (Å²) in [5, 5.41) is 6.99. The van der Waals surface area contributed by atoms with Crippen molar-refractivity contribution < 1.29 is 4.42 Å². The topological polar surface area (TPSA) is 16.4 Å². The summed E-state index contributed by atoms with van der Waals surface area (Å²) in [6.07, 6.45) is 0. The predicted octanol–water partition coefficient (Wildman–Crippen LogP) is 18.7. The van der Waals surface area contributed by atoms with E-state index in [0.29, 0.717) is 0 Å². The van der Waals surface area contributed by atoms with E-state index in [1.54, 1.807) is 0 Å². The molecule has 71 heavy (non-hydrogen) atoms. The van der Waals surface area contributed by atoms with Gasteiger partial charge in [0.25, 0.3) is 0 Å². The molecule has 1 aliphatic carbocycles. The molecule has 1 heterocycles. The molecule has 13 aromatic rings. The van der Waals surface area contributed by atoms with Gasteiger partial charge in [0.2, 0.25) is 0 Å². The standard InChI is InChI=1S/C69H45NO/c1-3-22-53(23-4-1)69(54-24-5-2-6-25-54)64-31-13-11-27-58(64)59-42-40-56(45-65(59)69)70(55-38-35-47(36-39-55)50-20-15-21-51(43-50)52-34-33-46-17-7-8-19-49(46)44-52)66-32-14-12-28-60(66)61-29-16-30-62-63-41-37-48-18-9-10-26-57(48)67(63)71-68(61)62/h1-45H. The quantitative estimate of drug-likeness (QED) is 0.151. The molecule has 0 saturated heterocycles. The smallest absolute Gasteiger partial charge is 0.143 e. The van der Waals surface area contributed by atoms with Gasteiger partial charge in [-0.2, -0.15) is 0 Å². The fourth-order valence-electron chi connectivity index (χ4n) is 11.7. The van der Waals surface area contributed by atoms with Gasteiger partial charge in [-0.1, -0.05) is 224 Å². The summed E-state index contributed by atoms with van der Waals surface area (Å²) >= 11 is 0. The van der Waals surface area contributed by atoms with Crippen molar-refractivity contribution in [3.05, 3.63) is 295 Å². The Kier molecular flexibility index (Phi) is 9.47. The van der Waals surface area contributed by atoms with Crippen LogP contribution in [0.4, 0.5) is 17.1 Å². The van der Waals surface area contributed by atoms with Crippen LogP contribution < -0.4 is 4.90 Å². The third kappa shape index (κ3) is 6.49. The number of hydrogen-bond acceptors (Lipinski definition) is 2. The number of fused-ring (bicyclic) bond motifs is 9. The monoisotopic (exact) mass is 903 g/mol. The lowest BCUT2D eigenvalue weighted by atomic mass is 9.67. The van der Waals surface area contributed by atoms with Crippen LogP contribution in [0, 0.1) is 0 Å². The van der Waals surface area contributed by atoms with Crippen molar-refractivity contribution in [3.8, 4) is 44.5 Å². The van der Waals surface area contributed by atoms with E-state index in [4.69, 9.17) is 4.42 Å². The third-order valence-corrected chi connectivity index (χ3v) is 14.9. The number of nitrogens with zero attached hydrogens (tertiary/aromatic N) is 1. The van der Waals surface area contributed by atoms with Crippen LogP contribution in [-0.2, 0) is 5.41 Å². The van der Waals surface area contributed by atoms with Gasteiger partial charge >= 0.3 is 0 Å². The van der Waals surface area contributed by atoms with Crippen LogP contribution in [0.1, 0.15) is 22.3 Å². The van der Waals surface area contributed by atoms with Gasteiger partial charge in [-0.05, 0) is 120 Å². The number of hydrogen-bond donors (Lipinski definition) is 0. The second-order valence-corrected chi connectivity index (χ2v) is 18.7. The molecule has 0 fully saturated rings. The van der Waals surface area contributed by atoms with Crippen LogP contribution >= 0.6 is 0 Å². The average Bonchev–Trinajstić information content (AvgIpc) is 3.98. The summed E-state index contributed by atoms with van der Waals surface area (Å²) < 4.78 is 7.03. The third-order valence-electron chi connectivity index (χ3n) is 14.9. The number of rotatable bonds is 8. The van der Waals surface area contributed by atoms with Crippen LogP contribution in [0.15, 0.2) is 277 Å². The van der Waals surface area contributed by atoms with Gasteiger partial charge in [0.1, 0.15) is 11.2 Å². The Labute approximate surface area is 413 Å². The van der Waals surface area contributed by atoms with Gasteiger partial charge in [-0.3, -0.25) is 0 Å². The Bertz CT molecular complexity index is 4130. The van der Waals surface area contributed by atoms with Crippen molar-refractivity contribution in [2.45, 2.75) is 5.41 Å². The molecule has 0 spiro atoms. The predicted molar refractivity (Wildman–Crippen MR) is 297 cm³/mol. The van der Waals surface area contributed by atoms with Crippen molar-refractivity contribution in [1.82, 2.24) is 0 Å². The molecule has 0 radical (unpaired) electrons. The molecule has 0 unspecified atom stereocenters. The first-order chi connectivity index (χ1) is 35.2. The maximum Gasteiger partial charge on any atom is 0.143 e. The van der Waals surface area contributed by atoms with Crippen LogP contribution in [-0.4, -0.2) is 0 Å². The summed E-state index contributed by atoms with van der Waals surface area (Å²) in [6, 6.07) is 99.9. The van der Waals surface area contributed by atoms with Gasteiger partial charge in [0.15, 0.2) is 0 Å². The lowest BCUT2D eigenvalue weighted by molar-refractivity contribution is 0.674. The molecule has 0 aliphatic heterocycles. The molecular formula is C69H45NO. The van der Waals surface area contributed by atoms with E-state index in [-0.39, 0.29) is 0 Å². The molecule has 14 rings (SSSR count). The van der Waals surface area contributed by atoms with E-state index in [0.717, 1.165) is 66.5 Å². The summed E-state index contributed by atoms with van der Waals surface area (Å²) in [4.78, 5) is 2.45. The SMILES string of the molecule is c1ccc(C2(c3ccccc3)c3ccccc3-c3ccc(N(c4ccc(-c5cccc(-c6ccc7ccccc7c6)c5)cc4)c4ccccc4-c4cccc5c4oc4c6ccccc6ccc54)cc32)cc1. The Morgan fingerprint density at radius 1 is 0.282 bits per heavy atom. The molecule has 2 nitrogen and oxygen atoms in total. The minimum atomic E-state index is -0.557. The molecule has 0 amide bonds. The Balaban J connectivity index is 0.973. The van der Waals surface area contributed by atoms with Crippen molar-refractivity contribution in [2.24, 2.45) is 0 Å².